The van der Waals surface area contributed by atoms with Gasteiger partial charge in [-0.15, -0.1) is 0 Å². The van der Waals surface area contributed by atoms with Crippen molar-refractivity contribution >= 4 is 11.2 Å². The van der Waals surface area contributed by atoms with Crippen molar-refractivity contribution < 1.29 is 4.42 Å². The molecule has 6 heteroatoms. The third kappa shape index (κ3) is 1.86. The molecule has 0 radical (unpaired) electrons. The summed E-state index contributed by atoms with van der Waals surface area (Å²) in [5.41, 5.74) is 8.38. The predicted octanol–water partition coefficient (Wildman–Crippen LogP) is 1.35. The highest BCUT2D eigenvalue weighted by Gasteiger charge is 2.11. The lowest BCUT2D eigenvalue weighted by Gasteiger charge is -1.94. The van der Waals surface area contributed by atoms with E-state index < -0.39 is 0 Å². The zero-order valence-corrected chi connectivity index (χ0v) is 10.00. The van der Waals surface area contributed by atoms with Gasteiger partial charge in [0.2, 0.25) is 5.89 Å². The number of hydrogen-bond acceptors (Lipinski definition) is 5. The van der Waals surface area contributed by atoms with E-state index in [1.807, 2.05) is 29.8 Å². The molecule has 0 aliphatic carbocycles. The fourth-order valence-corrected chi connectivity index (χ4v) is 1.76. The van der Waals surface area contributed by atoms with Crippen LogP contribution in [0.2, 0.25) is 0 Å². The normalized spacial score (nSPS) is 11.2. The van der Waals surface area contributed by atoms with Crippen molar-refractivity contribution in [2.24, 2.45) is 5.73 Å². The molecule has 92 valence electrons. The molecule has 0 spiro atoms. The van der Waals surface area contributed by atoms with E-state index in [-0.39, 0.29) is 0 Å². The Hall–Kier alpha value is -2.21. The van der Waals surface area contributed by atoms with Crippen molar-refractivity contribution in [1.82, 2.24) is 19.5 Å². The van der Waals surface area contributed by atoms with Gasteiger partial charge in [0.05, 0.1) is 6.33 Å². The number of rotatable bonds is 3. The van der Waals surface area contributed by atoms with Crippen LogP contribution in [0.25, 0.3) is 22.8 Å². The van der Waals surface area contributed by atoms with Crippen LogP contribution in [0.4, 0.5) is 0 Å². The average Bonchev–Trinajstić information content (AvgIpc) is 2.94. The molecule has 0 atom stereocenters. The summed E-state index contributed by atoms with van der Waals surface area (Å²) in [7, 11) is 0. The molecule has 3 heterocycles. The van der Waals surface area contributed by atoms with Gasteiger partial charge in [-0.25, -0.2) is 9.97 Å². The molecule has 6 nitrogen and oxygen atoms in total. The van der Waals surface area contributed by atoms with Crippen LogP contribution >= 0.6 is 0 Å². The number of nitrogens with zero attached hydrogens (tertiary/aromatic N) is 4. The van der Waals surface area contributed by atoms with Crippen LogP contribution in [0, 0.1) is 6.92 Å². The second-order valence-electron chi connectivity index (χ2n) is 4.08. The summed E-state index contributed by atoms with van der Waals surface area (Å²) < 4.78 is 7.53. The van der Waals surface area contributed by atoms with Gasteiger partial charge >= 0.3 is 0 Å². The topological polar surface area (TPSA) is 82.8 Å². The number of pyridine rings is 1. The predicted molar refractivity (Wildman–Crippen MR) is 66.8 cm³/mol. The SMILES string of the molecule is Cc1ccc2oc(-c3cn(CCN)cn3)nc2n1. The zero-order valence-electron chi connectivity index (χ0n) is 10.00. The molecular weight excluding hydrogens is 230 g/mol. The van der Waals surface area contributed by atoms with Gasteiger partial charge in [-0.2, -0.15) is 4.98 Å². The monoisotopic (exact) mass is 243 g/mol. The van der Waals surface area contributed by atoms with Crippen molar-refractivity contribution in [3.05, 3.63) is 30.4 Å². The summed E-state index contributed by atoms with van der Waals surface area (Å²) in [4.78, 5) is 12.9. The van der Waals surface area contributed by atoms with Gasteiger partial charge in [0.25, 0.3) is 0 Å². The number of oxazole rings is 1. The quantitative estimate of drug-likeness (QED) is 0.750. The maximum absolute atomic E-state index is 5.62. The van der Waals surface area contributed by atoms with Gasteiger partial charge in [-0.05, 0) is 19.1 Å². The molecule has 0 aliphatic rings. The molecule has 3 aromatic rings. The van der Waals surface area contributed by atoms with Crippen LogP contribution < -0.4 is 5.73 Å². The summed E-state index contributed by atoms with van der Waals surface area (Å²) >= 11 is 0. The lowest BCUT2D eigenvalue weighted by atomic mass is 10.4. The Morgan fingerprint density at radius 1 is 1.33 bits per heavy atom. The van der Waals surface area contributed by atoms with Crippen LogP contribution in [0.15, 0.2) is 29.1 Å². The van der Waals surface area contributed by atoms with E-state index in [1.165, 1.54) is 0 Å². The standard InChI is InChI=1S/C12H13N5O/c1-8-2-3-10-11(15-8)16-12(18-10)9-6-17(5-4-13)7-14-9/h2-3,6-7H,4-5,13H2,1H3. The van der Waals surface area contributed by atoms with Crippen molar-refractivity contribution in [3.8, 4) is 11.6 Å². The number of imidazole rings is 1. The van der Waals surface area contributed by atoms with Crippen LogP contribution in [0.3, 0.4) is 0 Å². The highest BCUT2D eigenvalue weighted by molar-refractivity contribution is 5.71. The first-order valence-corrected chi connectivity index (χ1v) is 5.72. The summed E-state index contributed by atoms with van der Waals surface area (Å²) in [5, 5.41) is 0. The first-order valence-electron chi connectivity index (χ1n) is 5.72. The molecule has 0 saturated carbocycles. The summed E-state index contributed by atoms with van der Waals surface area (Å²) in [6.45, 7) is 3.22. The Labute approximate surface area is 103 Å². The summed E-state index contributed by atoms with van der Waals surface area (Å²) in [6.07, 6.45) is 3.58. The van der Waals surface area contributed by atoms with Crippen molar-refractivity contribution in [2.75, 3.05) is 6.54 Å². The Morgan fingerprint density at radius 3 is 3.06 bits per heavy atom. The zero-order chi connectivity index (χ0) is 12.5. The second kappa shape index (κ2) is 4.23. The molecule has 18 heavy (non-hydrogen) atoms. The van der Waals surface area contributed by atoms with E-state index in [9.17, 15) is 0 Å². The van der Waals surface area contributed by atoms with Crippen molar-refractivity contribution in [3.63, 3.8) is 0 Å². The molecule has 0 aliphatic heterocycles. The molecule has 0 saturated heterocycles. The molecular formula is C12H13N5O. The lowest BCUT2D eigenvalue weighted by Crippen LogP contribution is -2.07. The third-order valence-electron chi connectivity index (χ3n) is 2.63. The highest BCUT2D eigenvalue weighted by Crippen LogP contribution is 2.21. The van der Waals surface area contributed by atoms with Crippen LogP contribution in [-0.4, -0.2) is 26.1 Å². The van der Waals surface area contributed by atoms with Gasteiger partial charge in [-0.1, -0.05) is 0 Å². The maximum Gasteiger partial charge on any atom is 0.249 e. The third-order valence-corrected chi connectivity index (χ3v) is 2.63. The molecule has 3 aromatic heterocycles. The molecule has 0 amide bonds. The summed E-state index contributed by atoms with van der Waals surface area (Å²) in [6, 6.07) is 3.76. The second-order valence-corrected chi connectivity index (χ2v) is 4.08. The molecule has 0 aromatic carbocycles. The minimum Gasteiger partial charge on any atom is -0.433 e. The molecule has 3 rings (SSSR count). The van der Waals surface area contributed by atoms with E-state index in [1.54, 1.807) is 6.33 Å². The van der Waals surface area contributed by atoms with Crippen LogP contribution in [-0.2, 0) is 6.54 Å². The molecule has 0 unspecified atom stereocenters. The lowest BCUT2D eigenvalue weighted by molar-refractivity contribution is 0.616. The van der Waals surface area contributed by atoms with E-state index in [0.29, 0.717) is 29.4 Å². The van der Waals surface area contributed by atoms with Crippen LogP contribution in [0.5, 0.6) is 0 Å². The van der Waals surface area contributed by atoms with Crippen LogP contribution in [0.1, 0.15) is 5.69 Å². The number of hydrogen-bond donors (Lipinski definition) is 1. The molecule has 0 bridgehead atoms. The van der Waals surface area contributed by atoms with E-state index in [0.717, 1.165) is 12.2 Å². The number of aryl methyl sites for hydroxylation is 1. The highest BCUT2D eigenvalue weighted by atomic mass is 16.3. The number of aromatic nitrogens is 4. The van der Waals surface area contributed by atoms with Gasteiger partial charge in [0.15, 0.2) is 11.2 Å². The fourth-order valence-electron chi connectivity index (χ4n) is 1.76. The van der Waals surface area contributed by atoms with Crippen molar-refractivity contribution in [2.45, 2.75) is 13.5 Å². The molecule has 0 fully saturated rings. The van der Waals surface area contributed by atoms with Gasteiger partial charge in [-0.3, -0.25) is 0 Å². The number of nitrogens with two attached hydrogens (primary N) is 1. The Bertz CT molecular complexity index is 685. The van der Waals surface area contributed by atoms with E-state index in [4.69, 9.17) is 10.2 Å². The average molecular weight is 243 g/mol. The van der Waals surface area contributed by atoms with E-state index in [2.05, 4.69) is 15.0 Å². The Morgan fingerprint density at radius 2 is 2.22 bits per heavy atom. The number of fused-ring (bicyclic) bond motifs is 1. The smallest absolute Gasteiger partial charge is 0.249 e. The fraction of sp³-hybridized carbons (Fsp3) is 0.250. The van der Waals surface area contributed by atoms with Gasteiger partial charge in [0, 0.05) is 25.0 Å². The maximum atomic E-state index is 5.62. The first kappa shape index (κ1) is 10.9. The molecule has 2 N–H and O–H groups in total. The first-order chi connectivity index (χ1) is 8.76. The Kier molecular flexibility index (Phi) is 2.56. The van der Waals surface area contributed by atoms with Gasteiger partial charge in [0.1, 0.15) is 5.69 Å². The largest absolute Gasteiger partial charge is 0.433 e. The van der Waals surface area contributed by atoms with Gasteiger partial charge < -0.3 is 14.7 Å². The van der Waals surface area contributed by atoms with Crippen molar-refractivity contribution in [1.29, 1.82) is 0 Å². The summed E-state index contributed by atoms with van der Waals surface area (Å²) in [5.74, 6) is 0.485. The van der Waals surface area contributed by atoms with E-state index >= 15 is 0 Å². The minimum absolute atomic E-state index is 0.485. The minimum atomic E-state index is 0.485. The Balaban J connectivity index is 2.02.